The first kappa shape index (κ1) is 19.4. The largest absolute Gasteiger partial charge is 0.336 e. The molecule has 7 heteroatoms. The Hall–Kier alpha value is -3.35. The molecule has 0 saturated carbocycles. The van der Waals surface area contributed by atoms with E-state index in [1.54, 1.807) is 36.2 Å². The molecule has 1 heterocycles. The molecule has 1 aliphatic rings. The second kappa shape index (κ2) is 8.56. The van der Waals surface area contributed by atoms with E-state index >= 15 is 0 Å². The number of likely N-dealkylation sites (N-methyl/N-ethyl adjacent to an activating group) is 1. The van der Waals surface area contributed by atoms with E-state index in [9.17, 15) is 14.4 Å². The predicted molar refractivity (Wildman–Crippen MR) is 109 cm³/mol. The van der Waals surface area contributed by atoms with Gasteiger partial charge in [-0.05, 0) is 42.3 Å². The molecule has 7 nitrogen and oxygen atoms in total. The fourth-order valence-electron chi connectivity index (χ4n) is 3.15. The number of amides is 4. The summed E-state index contributed by atoms with van der Waals surface area (Å²) in [6.07, 6.45) is 0.812. The lowest BCUT2D eigenvalue weighted by Gasteiger charge is -2.19. The summed E-state index contributed by atoms with van der Waals surface area (Å²) in [5.74, 6) is -0.501. The third-order valence-electron chi connectivity index (χ3n) is 4.68. The van der Waals surface area contributed by atoms with Gasteiger partial charge in [0.2, 0.25) is 5.91 Å². The molecular weight excluding hydrogens is 356 g/mol. The number of nitrogens with one attached hydrogen (secondary N) is 2. The van der Waals surface area contributed by atoms with Crippen LogP contribution in [0.4, 0.5) is 16.2 Å². The van der Waals surface area contributed by atoms with Crippen LogP contribution in [0.2, 0.25) is 0 Å². The number of anilines is 2. The van der Waals surface area contributed by atoms with Crippen LogP contribution < -0.4 is 15.5 Å². The first-order chi connectivity index (χ1) is 13.5. The number of hydrogen-bond donors (Lipinski definition) is 2. The molecule has 4 amide bonds. The Bertz CT molecular complexity index is 879. The Morgan fingerprint density at radius 2 is 1.86 bits per heavy atom. The summed E-state index contributed by atoms with van der Waals surface area (Å²) < 4.78 is 0. The van der Waals surface area contributed by atoms with Crippen LogP contribution in [-0.4, -0.2) is 49.4 Å². The van der Waals surface area contributed by atoms with Crippen molar-refractivity contribution >= 4 is 29.2 Å². The molecule has 2 aromatic carbocycles. The van der Waals surface area contributed by atoms with Crippen LogP contribution in [0, 0.1) is 0 Å². The van der Waals surface area contributed by atoms with Crippen molar-refractivity contribution in [3.8, 4) is 0 Å². The van der Waals surface area contributed by atoms with Crippen molar-refractivity contribution < 1.29 is 14.4 Å². The molecule has 146 valence electrons. The average molecular weight is 380 g/mol. The normalized spacial score (nSPS) is 13.2. The Morgan fingerprint density at radius 1 is 1.14 bits per heavy atom. The monoisotopic (exact) mass is 380 g/mol. The fourth-order valence-corrected chi connectivity index (χ4v) is 3.15. The van der Waals surface area contributed by atoms with Crippen molar-refractivity contribution in [2.75, 3.05) is 36.9 Å². The second-order valence-corrected chi connectivity index (χ2v) is 6.65. The molecule has 0 unspecified atom stereocenters. The summed E-state index contributed by atoms with van der Waals surface area (Å²) in [7, 11) is 1.59. The van der Waals surface area contributed by atoms with Crippen molar-refractivity contribution in [3.05, 3.63) is 59.7 Å². The van der Waals surface area contributed by atoms with Gasteiger partial charge in [-0.1, -0.05) is 25.1 Å². The Kier molecular flexibility index (Phi) is 5.93. The van der Waals surface area contributed by atoms with Crippen molar-refractivity contribution in [1.82, 2.24) is 10.2 Å². The second-order valence-electron chi connectivity index (χ2n) is 6.65. The van der Waals surface area contributed by atoms with Gasteiger partial charge in [-0.15, -0.1) is 0 Å². The first-order valence-corrected chi connectivity index (χ1v) is 9.28. The zero-order chi connectivity index (χ0) is 20.1. The molecule has 0 radical (unpaired) electrons. The molecule has 1 saturated heterocycles. The van der Waals surface area contributed by atoms with Crippen molar-refractivity contribution in [2.45, 2.75) is 13.3 Å². The van der Waals surface area contributed by atoms with E-state index in [0.717, 1.165) is 23.4 Å². The summed E-state index contributed by atoms with van der Waals surface area (Å²) >= 11 is 0. The number of benzene rings is 2. The van der Waals surface area contributed by atoms with E-state index in [1.807, 2.05) is 31.2 Å². The molecule has 1 aliphatic heterocycles. The quantitative estimate of drug-likeness (QED) is 0.808. The molecule has 0 spiro atoms. The standard InChI is InChI=1S/C21H24N4O3/c1-3-15-6-4-5-7-18(15)23-19(26)14-24(2)20(27)16-8-10-17(11-9-16)25-13-12-22-21(25)28/h4-11H,3,12-14H2,1-2H3,(H,22,28)(H,23,26). The first-order valence-electron chi connectivity index (χ1n) is 9.28. The Morgan fingerprint density at radius 3 is 2.50 bits per heavy atom. The highest BCUT2D eigenvalue weighted by atomic mass is 16.2. The van der Waals surface area contributed by atoms with Crippen molar-refractivity contribution in [3.63, 3.8) is 0 Å². The minimum atomic E-state index is -0.253. The lowest BCUT2D eigenvalue weighted by Crippen LogP contribution is -2.35. The molecule has 3 rings (SSSR count). The van der Waals surface area contributed by atoms with Gasteiger partial charge in [0.25, 0.3) is 5.91 Å². The van der Waals surface area contributed by atoms with Crippen molar-refractivity contribution in [1.29, 1.82) is 0 Å². The maximum absolute atomic E-state index is 12.6. The minimum absolute atomic E-state index is 0.0484. The van der Waals surface area contributed by atoms with Crippen LogP contribution in [0.1, 0.15) is 22.8 Å². The zero-order valence-corrected chi connectivity index (χ0v) is 16.1. The van der Waals surface area contributed by atoms with Crippen LogP contribution in [0.25, 0.3) is 0 Å². The molecule has 0 bridgehead atoms. The fraction of sp³-hybridized carbons (Fsp3) is 0.286. The van der Waals surface area contributed by atoms with Gasteiger partial charge >= 0.3 is 6.03 Å². The number of nitrogens with zero attached hydrogens (tertiary/aromatic N) is 2. The zero-order valence-electron chi connectivity index (χ0n) is 16.1. The van der Waals surface area contributed by atoms with Crippen LogP contribution in [0.3, 0.4) is 0 Å². The number of para-hydroxylation sites is 1. The van der Waals surface area contributed by atoms with Gasteiger partial charge in [0, 0.05) is 37.1 Å². The van der Waals surface area contributed by atoms with Crippen molar-refractivity contribution in [2.24, 2.45) is 0 Å². The van der Waals surface area contributed by atoms with Crippen LogP contribution >= 0.6 is 0 Å². The van der Waals surface area contributed by atoms with Gasteiger partial charge in [0.15, 0.2) is 0 Å². The summed E-state index contributed by atoms with van der Waals surface area (Å²) in [6.45, 7) is 3.19. The van der Waals surface area contributed by atoms with E-state index < -0.39 is 0 Å². The lowest BCUT2D eigenvalue weighted by molar-refractivity contribution is -0.116. The maximum atomic E-state index is 12.6. The topological polar surface area (TPSA) is 81.8 Å². The molecule has 0 aromatic heterocycles. The number of urea groups is 1. The highest BCUT2D eigenvalue weighted by Gasteiger charge is 2.22. The van der Waals surface area contributed by atoms with Crippen LogP contribution in [-0.2, 0) is 11.2 Å². The van der Waals surface area contributed by atoms with Gasteiger partial charge in [-0.25, -0.2) is 4.79 Å². The predicted octanol–water partition coefficient (Wildman–Crippen LogP) is 2.49. The molecule has 2 aromatic rings. The molecular formula is C21H24N4O3. The summed E-state index contributed by atoms with van der Waals surface area (Å²) in [5, 5.41) is 5.61. The maximum Gasteiger partial charge on any atom is 0.321 e. The summed E-state index contributed by atoms with van der Waals surface area (Å²) in [4.78, 5) is 39.7. The number of carbonyl (C=O) groups excluding carboxylic acids is 3. The minimum Gasteiger partial charge on any atom is -0.336 e. The highest BCUT2D eigenvalue weighted by Crippen LogP contribution is 2.18. The van der Waals surface area contributed by atoms with Gasteiger partial charge in [0.05, 0.1) is 6.54 Å². The van der Waals surface area contributed by atoms with Crippen LogP contribution in [0.5, 0.6) is 0 Å². The smallest absolute Gasteiger partial charge is 0.321 e. The van der Waals surface area contributed by atoms with E-state index in [2.05, 4.69) is 10.6 Å². The molecule has 2 N–H and O–H groups in total. The lowest BCUT2D eigenvalue weighted by atomic mass is 10.1. The van der Waals surface area contributed by atoms with E-state index in [4.69, 9.17) is 0 Å². The summed E-state index contributed by atoms with van der Waals surface area (Å²) in [5.41, 5.74) is 3.02. The number of aryl methyl sites for hydroxylation is 1. The molecule has 28 heavy (non-hydrogen) atoms. The van der Waals surface area contributed by atoms with Gasteiger partial charge < -0.3 is 15.5 Å². The van der Waals surface area contributed by atoms with E-state index in [0.29, 0.717) is 18.7 Å². The number of rotatable bonds is 6. The van der Waals surface area contributed by atoms with Gasteiger partial charge in [0.1, 0.15) is 0 Å². The Labute approximate surface area is 164 Å². The Balaban J connectivity index is 1.60. The summed E-state index contributed by atoms with van der Waals surface area (Å²) in [6, 6.07) is 14.3. The highest BCUT2D eigenvalue weighted by molar-refractivity contribution is 6.00. The van der Waals surface area contributed by atoms with E-state index in [-0.39, 0.29) is 24.4 Å². The van der Waals surface area contributed by atoms with Crippen LogP contribution in [0.15, 0.2) is 48.5 Å². The van der Waals surface area contributed by atoms with E-state index in [1.165, 1.54) is 4.90 Å². The van der Waals surface area contributed by atoms with Gasteiger partial charge in [-0.3, -0.25) is 14.5 Å². The number of carbonyl (C=O) groups is 3. The average Bonchev–Trinajstić information content (AvgIpc) is 3.13. The molecule has 1 fully saturated rings. The molecule has 0 atom stereocenters. The third-order valence-corrected chi connectivity index (χ3v) is 4.68. The van der Waals surface area contributed by atoms with Gasteiger partial charge in [-0.2, -0.15) is 0 Å². The molecule has 0 aliphatic carbocycles. The third kappa shape index (κ3) is 4.31. The SMILES string of the molecule is CCc1ccccc1NC(=O)CN(C)C(=O)c1ccc(N2CCNC2=O)cc1. The number of hydrogen-bond acceptors (Lipinski definition) is 3.